The zero-order chi connectivity index (χ0) is 15.9. The molecule has 2 N–H and O–H groups in total. The van der Waals surface area contributed by atoms with Crippen molar-refractivity contribution in [2.75, 3.05) is 18.5 Å². The van der Waals surface area contributed by atoms with Gasteiger partial charge < -0.3 is 15.0 Å². The number of nitrogens with zero attached hydrogens (tertiary/aromatic N) is 1. The molecule has 1 aromatic heterocycles. The number of carbonyl (C=O) groups is 1. The number of carbonyl (C=O) groups excluding carboxylic acids is 1. The molecule has 1 atom stereocenters. The van der Waals surface area contributed by atoms with Crippen molar-refractivity contribution in [2.24, 2.45) is 0 Å². The molecule has 116 valence electrons. The van der Waals surface area contributed by atoms with Gasteiger partial charge in [-0.2, -0.15) is 0 Å². The van der Waals surface area contributed by atoms with Crippen molar-refractivity contribution in [3.05, 3.63) is 37.3 Å². The van der Waals surface area contributed by atoms with E-state index in [0.717, 1.165) is 10.2 Å². The quantitative estimate of drug-likeness (QED) is 0.631. The maximum absolute atomic E-state index is 12.3. The second-order valence-electron chi connectivity index (χ2n) is 5.02. The Kier molecular flexibility index (Phi) is 3.78. The molecule has 3 rings (SSSR count). The monoisotopic (exact) mass is 367 g/mol. The molecule has 2 aromatic rings. The molecule has 1 aromatic carbocycles. The number of aromatic amines is 1. The Balaban J connectivity index is 2.20. The van der Waals surface area contributed by atoms with Gasteiger partial charge in [-0.3, -0.25) is 19.0 Å². The lowest BCUT2D eigenvalue weighted by molar-refractivity contribution is -0.143. The highest BCUT2D eigenvalue weighted by Gasteiger charge is 2.26. The fourth-order valence-electron chi connectivity index (χ4n) is 2.72. The van der Waals surface area contributed by atoms with Crippen LogP contribution in [0, 0.1) is 0 Å². The first-order valence-electron chi connectivity index (χ1n) is 6.88. The van der Waals surface area contributed by atoms with Gasteiger partial charge in [-0.1, -0.05) is 15.9 Å². The lowest BCUT2D eigenvalue weighted by Crippen LogP contribution is -2.43. The van der Waals surface area contributed by atoms with Crippen molar-refractivity contribution in [3.63, 3.8) is 0 Å². The molecule has 0 bridgehead atoms. The fourth-order valence-corrected chi connectivity index (χ4v) is 3.18. The number of esters is 1. The van der Waals surface area contributed by atoms with Crippen LogP contribution in [0.15, 0.2) is 26.2 Å². The van der Waals surface area contributed by atoms with Gasteiger partial charge in [0.15, 0.2) is 0 Å². The van der Waals surface area contributed by atoms with E-state index in [2.05, 4.69) is 26.2 Å². The Morgan fingerprint density at radius 3 is 2.95 bits per heavy atom. The summed E-state index contributed by atoms with van der Waals surface area (Å²) in [5, 5.41) is 3.19. The molecule has 22 heavy (non-hydrogen) atoms. The second-order valence-corrected chi connectivity index (χ2v) is 5.94. The van der Waals surface area contributed by atoms with Crippen LogP contribution in [0.1, 0.15) is 19.4 Å². The second kappa shape index (κ2) is 5.60. The summed E-state index contributed by atoms with van der Waals surface area (Å²) >= 11 is 3.37. The zero-order valence-corrected chi connectivity index (χ0v) is 13.4. The summed E-state index contributed by atoms with van der Waals surface area (Å²) in [4.78, 5) is 38.4. The SMILES string of the molecule is CCOC(=O)CC1CNc2cc(Br)cc3[nH]c(=O)c(=O)n1c23. The smallest absolute Gasteiger partial charge is 0.317 e. The third-order valence-electron chi connectivity index (χ3n) is 3.58. The van der Waals surface area contributed by atoms with Gasteiger partial charge in [0.25, 0.3) is 0 Å². The predicted octanol–water partition coefficient (Wildman–Crippen LogP) is 1.37. The topological polar surface area (TPSA) is 93.2 Å². The van der Waals surface area contributed by atoms with Crippen molar-refractivity contribution in [3.8, 4) is 0 Å². The van der Waals surface area contributed by atoms with Crippen molar-refractivity contribution in [1.29, 1.82) is 0 Å². The summed E-state index contributed by atoms with van der Waals surface area (Å²) in [6.45, 7) is 2.38. The molecule has 0 amide bonds. The molecule has 0 radical (unpaired) electrons. The Labute approximate surface area is 133 Å². The van der Waals surface area contributed by atoms with E-state index in [0.29, 0.717) is 17.6 Å². The van der Waals surface area contributed by atoms with Crippen molar-refractivity contribution < 1.29 is 9.53 Å². The van der Waals surface area contributed by atoms with Crippen LogP contribution in [0.4, 0.5) is 5.69 Å². The van der Waals surface area contributed by atoms with Crippen LogP contribution in [-0.2, 0) is 9.53 Å². The van der Waals surface area contributed by atoms with Gasteiger partial charge in [0.05, 0.1) is 35.8 Å². The number of rotatable bonds is 3. The molecule has 1 aliphatic heterocycles. The maximum atomic E-state index is 12.3. The Hall–Kier alpha value is -2.09. The number of benzene rings is 1. The number of nitrogens with one attached hydrogen (secondary N) is 2. The summed E-state index contributed by atoms with van der Waals surface area (Å²) in [6, 6.07) is 3.10. The first kappa shape index (κ1) is 14.8. The molecule has 0 aliphatic carbocycles. The van der Waals surface area contributed by atoms with Gasteiger partial charge in [-0.05, 0) is 19.1 Å². The van der Waals surface area contributed by atoms with Crippen LogP contribution in [0.2, 0.25) is 0 Å². The minimum atomic E-state index is -0.702. The first-order chi connectivity index (χ1) is 10.5. The molecule has 0 saturated carbocycles. The largest absolute Gasteiger partial charge is 0.466 e. The van der Waals surface area contributed by atoms with Gasteiger partial charge in [0, 0.05) is 11.0 Å². The Morgan fingerprint density at radius 2 is 2.23 bits per heavy atom. The highest BCUT2D eigenvalue weighted by molar-refractivity contribution is 9.10. The Bertz CT molecular complexity index is 871. The van der Waals surface area contributed by atoms with E-state index >= 15 is 0 Å². The van der Waals surface area contributed by atoms with Gasteiger partial charge in [-0.25, -0.2) is 0 Å². The number of halogens is 1. The van der Waals surface area contributed by atoms with Crippen molar-refractivity contribution in [2.45, 2.75) is 19.4 Å². The summed E-state index contributed by atoms with van der Waals surface area (Å²) in [5.74, 6) is -0.393. The molecular formula is C14H14BrN3O4. The lowest BCUT2D eigenvalue weighted by atomic mass is 10.1. The van der Waals surface area contributed by atoms with E-state index in [1.54, 1.807) is 13.0 Å². The summed E-state index contributed by atoms with van der Waals surface area (Å²) in [7, 11) is 0. The minimum Gasteiger partial charge on any atom is -0.466 e. The molecule has 1 unspecified atom stereocenters. The van der Waals surface area contributed by atoms with Crippen molar-refractivity contribution >= 4 is 38.6 Å². The fraction of sp³-hybridized carbons (Fsp3) is 0.357. The molecular weight excluding hydrogens is 354 g/mol. The van der Waals surface area contributed by atoms with E-state index in [1.807, 2.05) is 6.07 Å². The van der Waals surface area contributed by atoms with E-state index in [4.69, 9.17) is 4.74 Å². The number of hydrogen-bond donors (Lipinski definition) is 2. The first-order valence-corrected chi connectivity index (χ1v) is 7.68. The molecule has 8 heteroatoms. The molecule has 7 nitrogen and oxygen atoms in total. The van der Waals surface area contributed by atoms with Gasteiger partial charge in [-0.15, -0.1) is 0 Å². The van der Waals surface area contributed by atoms with E-state index < -0.39 is 23.1 Å². The van der Waals surface area contributed by atoms with E-state index in [-0.39, 0.29) is 13.0 Å². The third-order valence-corrected chi connectivity index (χ3v) is 4.04. The van der Waals surface area contributed by atoms with Crippen LogP contribution in [0.3, 0.4) is 0 Å². The average molecular weight is 368 g/mol. The molecule has 0 fully saturated rings. The maximum Gasteiger partial charge on any atom is 0.317 e. The van der Waals surface area contributed by atoms with Crippen LogP contribution in [-0.4, -0.2) is 28.7 Å². The summed E-state index contributed by atoms with van der Waals surface area (Å²) in [5.41, 5.74) is 0.500. The minimum absolute atomic E-state index is 0.0365. The lowest BCUT2D eigenvalue weighted by Gasteiger charge is -2.28. The number of anilines is 1. The van der Waals surface area contributed by atoms with Crippen LogP contribution in [0.25, 0.3) is 11.0 Å². The molecule has 1 aliphatic rings. The molecule has 0 saturated heterocycles. The zero-order valence-electron chi connectivity index (χ0n) is 11.8. The molecule has 0 spiro atoms. The van der Waals surface area contributed by atoms with Crippen molar-refractivity contribution in [1.82, 2.24) is 9.55 Å². The Morgan fingerprint density at radius 1 is 1.45 bits per heavy atom. The van der Waals surface area contributed by atoms with Gasteiger partial charge >= 0.3 is 17.1 Å². The predicted molar refractivity (Wildman–Crippen MR) is 85.3 cm³/mol. The summed E-state index contributed by atoms with van der Waals surface area (Å²) in [6.07, 6.45) is 0.0365. The van der Waals surface area contributed by atoms with Gasteiger partial charge in [0.2, 0.25) is 0 Å². The summed E-state index contributed by atoms with van der Waals surface area (Å²) < 4.78 is 7.12. The standard InChI is InChI=1S/C14H14BrN3O4/c1-2-22-11(19)5-8-6-16-9-3-7(15)4-10-12(9)18(8)14(21)13(20)17-10/h3-4,8,16H,2,5-6H2,1H3,(H,17,20). The highest BCUT2D eigenvalue weighted by Crippen LogP contribution is 2.31. The van der Waals surface area contributed by atoms with Crippen LogP contribution in [0.5, 0.6) is 0 Å². The van der Waals surface area contributed by atoms with Gasteiger partial charge in [0.1, 0.15) is 0 Å². The number of ether oxygens (including phenoxy) is 1. The number of H-pyrrole nitrogens is 1. The van der Waals surface area contributed by atoms with E-state index in [9.17, 15) is 14.4 Å². The normalized spacial score (nSPS) is 16.4. The highest BCUT2D eigenvalue weighted by atomic mass is 79.9. The van der Waals surface area contributed by atoms with Crippen LogP contribution >= 0.6 is 15.9 Å². The number of aromatic nitrogens is 2. The van der Waals surface area contributed by atoms with E-state index in [1.165, 1.54) is 4.57 Å². The van der Waals surface area contributed by atoms with Crippen LogP contribution < -0.4 is 16.4 Å². The molecule has 2 heterocycles. The number of hydrogen-bond acceptors (Lipinski definition) is 5. The third kappa shape index (κ3) is 2.43. The average Bonchev–Trinajstić information content (AvgIpc) is 2.45.